The van der Waals surface area contributed by atoms with Crippen LogP contribution in [0.5, 0.6) is 0 Å². The van der Waals surface area contributed by atoms with Crippen LogP contribution in [0.1, 0.15) is 15.9 Å². The van der Waals surface area contributed by atoms with Gasteiger partial charge in [0.05, 0.1) is 16.2 Å². The van der Waals surface area contributed by atoms with Crippen LogP contribution in [-0.4, -0.2) is 10.2 Å². The van der Waals surface area contributed by atoms with Gasteiger partial charge < -0.3 is 0 Å². The van der Waals surface area contributed by atoms with E-state index in [1.54, 1.807) is 30.3 Å². The highest BCUT2D eigenvalue weighted by molar-refractivity contribution is 6.69. The largest absolute Gasteiger partial charge is 0.276 e. The van der Waals surface area contributed by atoms with Gasteiger partial charge in [0.2, 0.25) is 0 Å². The minimum atomic E-state index is -0.532. The summed E-state index contributed by atoms with van der Waals surface area (Å²) in [7, 11) is 0. The van der Waals surface area contributed by atoms with Gasteiger partial charge in [-0.15, -0.1) is 0 Å². The molecule has 0 atom stereocenters. The first-order valence-corrected chi connectivity index (χ1v) is 7.67. The third-order valence-electron chi connectivity index (χ3n) is 3.50. The van der Waals surface area contributed by atoms with Crippen LogP contribution in [0.4, 0.5) is 0 Å². The number of rotatable bonds is 2. The van der Waals surface area contributed by atoms with Crippen LogP contribution < -0.4 is 0 Å². The third kappa shape index (κ3) is 2.58. The van der Waals surface area contributed by atoms with Gasteiger partial charge in [0.25, 0.3) is 5.24 Å². The Hall–Kier alpha value is -1.61. The number of carbonyl (C=O) groups is 1. The van der Waals surface area contributed by atoms with Gasteiger partial charge in [-0.2, -0.15) is 0 Å². The maximum Gasteiger partial charge on any atom is 0.253 e. The topological polar surface area (TPSA) is 30.0 Å². The van der Waals surface area contributed by atoms with Gasteiger partial charge in [0.15, 0.2) is 0 Å². The van der Waals surface area contributed by atoms with Crippen molar-refractivity contribution in [2.45, 2.75) is 6.92 Å². The van der Waals surface area contributed by atoms with E-state index in [0.717, 1.165) is 5.56 Å². The van der Waals surface area contributed by atoms with Crippen LogP contribution in [0.2, 0.25) is 10.0 Å². The number of pyridine rings is 1. The summed E-state index contributed by atoms with van der Waals surface area (Å²) in [6.45, 7) is 1.82. The maximum absolute atomic E-state index is 11.9. The van der Waals surface area contributed by atoms with E-state index in [0.29, 0.717) is 37.8 Å². The first-order valence-electron chi connectivity index (χ1n) is 6.53. The maximum atomic E-state index is 11.9. The zero-order valence-electron chi connectivity index (χ0n) is 11.5. The predicted molar refractivity (Wildman–Crippen MR) is 92.1 cm³/mol. The SMILES string of the molecule is Cc1c(-c2cccc(Cl)c2)nc2c(Cl)cccc2c1C(=O)Cl. The fraction of sp³-hybridized carbons (Fsp3) is 0.0588. The summed E-state index contributed by atoms with van der Waals surface area (Å²) in [5.74, 6) is 0. The molecule has 0 aliphatic rings. The van der Waals surface area contributed by atoms with Crippen molar-refractivity contribution in [1.82, 2.24) is 4.98 Å². The Morgan fingerprint density at radius 1 is 1.09 bits per heavy atom. The number of hydrogen-bond donors (Lipinski definition) is 0. The number of hydrogen-bond acceptors (Lipinski definition) is 2. The number of fused-ring (bicyclic) bond motifs is 1. The van der Waals surface area contributed by atoms with Crippen molar-refractivity contribution in [2.24, 2.45) is 0 Å². The summed E-state index contributed by atoms with van der Waals surface area (Å²) in [5, 5.41) is 1.18. The quantitative estimate of drug-likeness (QED) is 0.539. The molecule has 1 aromatic heterocycles. The molecule has 3 aromatic rings. The highest BCUT2D eigenvalue weighted by Gasteiger charge is 2.18. The van der Waals surface area contributed by atoms with Crippen molar-refractivity contribution >= 4 is 50.9 Å². The normalized spacial score (nSPS) is 10.9. The zero-order valence-corrected chi connectivity index (χ0v) is 13.8. The molecule has 0 unspecified atom stereocenters. The number of aromatic nitrogens is 1. The first kappa shape index (κ1) is 15.3. The fourth-order valence-corrected chi connectivity index (χ4v) is 3.17. The monoisotopic (exact) mass is 349 g/mol. The number of carbonyl (C=O) groups excluding carboxylic acids is 1. The van der Waals surface area contributed by atoms with Crippen LogP contribution in [-0.2, 0) is 0 Å². The van der Waals surface area contributed by atoms with E-state index in [-0.39, 0.29) is 0 Å². The Morgan fingerprint density at radius 3 is 2.50 bits per heavy atom. The van der Waals surface area contributed by atoms with Crippen molar-refractivity contribution in [1.29, 1.82) is 0 Å². The summed E-state index contributed by atoms with van der Waals surface area (Å²) in [6.07, 6.45) is 0. The van der Waals surface area contributed by atoms with E-state index in [1.165, 1.54) is 0 Å². The third-order valence-corrected chi connectivity index (χ3v) is 4.23. The molecule has 2 nitrogen and oxygen atoms in total. The van der Waals surface area contributed by atoms with E-state index in [2.05, 4.69) is 4.98 Å². The average Bonchev–Trinajstić information content (AvgIpc) is 2.46. The standard InChI is InChI=1S/C17H10Cl3NO/c1-9-14(17(20)22)12-6-3-7-13(19)16(12)21-15(9)10-4-2-5-11(18)8-10/h2-8H,1H3. The van der Waals surface area contributed by atoms with Gasteiger partial charge in [-0.1, -0.05) is 47.5 Å². The van der Waals surface area contributed by atoms with Crippen LogP contribution in [0.25, 0.3) is 22.2 Å². The Balaban J connectivity index is 2.44. The van der Waals surface area contributed by atoms with Gasteiger partial charge in [-0.3, -0.25) is 4.79 Å². The first-order chi connectivity index (χ1) is 10.5. The molecule has 3 rings (SSSR count). The highest BCUT2D eigenvalue weighted by Crippen LogP contribution is 2.34. The highest BCUT2D eigenvalue weighted by atomic mass is 35.5. The Morgan fingerprint density at radius 2 is 1.82 bits per heavy atom. The smallest absolute Gasteiger partial charge is 0.253 e. The molecule has 22 heavy (non-hydrogen) atoms. The molecule has 2 aromatic carbocycles. The summed E-state index contributed by atoms with van der Waals surface area (Å²) in [4.78, 5) is 16.5. The van der Waals surface area contributed by atoms with Crippen LogP contribution in [0.3, 0.4) is 0 Å². The van der Waals surface area contributed by atoms with E-state index in [1.807, 2.05) is 19.1 Å². The molecule has 0 radical (unpaired) electrons. The van der Waals surface area contributed by atoms with Gasteiger partial charge in [-0.25, -0.2) is 4.98 Å². The molecule has 0 aliphatic heterocycles. The van der Waals surface area contributed by atoms with Gasteiger partial charge >= 0.3 is 0 Å². The summed E-state index contributed by atoms with van der Waals surface area (Å²) in [5.41, 5.74) is 3.13. The molecule has 5 heteroatoms. The van der Waals surface area contributed by atoms with Crippen molar-refractivity contribution in [3.63, 3.8) is 0 Å². The Labute approximate surface area is 142 Å². The summed E-state index contributed by atoms with van der Waals surface area (Å²) >= 11 is 18.1. The average molecular weight is 351 g/mol. The van der Waals surface area contributed by atoms with Gasteiger partial charge in [0.1, 0.15) is 0 Å². The Kier molecular flexibility index (Phi) is 4.09. The number of halogens is 3. The molecule has 110 valence electrons. The number of benzene rings is 2. The van der Waals surface area contributed by atoms with Crippen molar-refractivity contribution < 1.29 is 4.79 Å². The molecule has 0 amide bonds. The molecule has 0 saturated heterocycles. The lowest BCUT2D eigenvalue weighted by atomic mass is 9.98. The van der Waals surface area contributed by atoms with Gasteiger partial charge in [0, 0.05) is 21.5 Å². The van der Waals surface area contributed by atoms with Crippen molar-refractivity contribution in [3.8, 4) is 11.3 Å². The Bertz CT molecular complexity index is 906. The molecule has 0 saturated carbocycles. The lowest BCUT2D eigenvalue weighted by molar-refractivity contribution is 0.108. The van der Waals surface area contributed by atoms with Crippen molar-refractivity contribution in [2.75, 3.05) is 0 Å². The number of nitrogens with zero attached hydrogens (tertiary/aromatic N) is 1. The van der Waals surface area contributed by atoms with E-state index >= 15 is 0 Å². The second-order valence-corrected chi connectivity index (χ2v) is 6.07. The summed E-state index contributed by atoms with van der Waals surface area (Å²) in [6, 6.07) is 12.6. The molecular formula is C17H10Cl3NO. The molecular weight excluding hydrogens is 341 g/mol. The molecule has 0 aliphatic carbocycles. The molecule has 1 heterocycles. The zero-order chi connectivity index (χ0) is 15.9. The molecule has 0 bridgehead atoms. The molecule has 0 N–H and O–H groups in total. The fourth-order valence-electron chi connectivity index (χ4n) is 2.52. The van der Waals surface area contributed by atoms with E-state index in [4.69, 9.17) is 34.8 Å². The van der Waals surface area contributed by atoms with E-state index < -0.39 is 5.24 Å². The van der Waals surface area contributed by atoms with Gasteiger partial charge in [-0.05, 0) is 42.3 Å². The van der Waals surface area contributed by atoms with Crippen LogP contribution in [0.15, 0.2) is 42.5 Å². The van der Waals surface area contributed by atoms with Crippen LogP contribution >= 0.6 is 34.8 Å². The predicted octanol–water partition coefficient (Wildman–Crippen LogP) is 5.90. The lowest BCUT2D eigenvalue weighted by Gasteiger charge is -2.13. The second kappa shape index (κ2) is 5.88. The van der Waals surface area contributed by atoms with E-state index in [9.17, 15) is 4.79 Å². The minimum Gasteiger partial charge on any atom is -0.276 e. The summed E-state index contributed by atoms with van der Waals surface area (Å²) < 4.78 is 0. The van der Waals surface area contributed by atoms with Crippen LogP contribution in [0, 0.1) is 6.92 Å². The molecule has 0 spiro atoms. The minimum absolute atomic E-state index is 0.421. The van der Waals surface area contributed by atoms with Crippen molar-refractivity contribution in [3.05, 3.63) is 63.6 Å². The molecule has 0 fully saturated rings. The number of para-hydroxylation sites is 1. The second-order valence-electron chi connectivity index (χ2n) is 4.88. The lowest BCUT2D eigenvalue weighted by Crippen LogP contribution is -2.01.